The fraction of sp³-hybridized carbons (Fsp3) is 0.136. The summed E-state index contributed by atoms with van der Waals surface area (Å²) in [4.78, 5) is 36.5. The largest absolute Gasteiger partial charge is 0.294 e. The molecule has 4 rings (SSSR count). The van der Waals surface area contributed by atoms with E-state index in [2.05, 4.69) is 20.1 Å². The van der Waals surface area contributed by atoms with Crippen LogP contribution < -0.4 is 0 Å². The van der Waals surface area contributed by atoms with Crippen molar-refractivity contribution in [1.29, 1.82) is 0 Å². The van der Waals surface area contributed by atoms with Gasteiger partial charge in [0.05, 0.1) is 21.7 Å². The number of carbonyl (C=O) groups excluding carboxylic acids is 1. The summed E-state index contributed by atoms with van der Waals surface area (Å²) in [6, 6.07) is 8.18. The monoisotopic (exact) mass is 466 g/mol. The van der Waals surface area contributed by atoms with Crippen LogP contribution in [0.3, 0.4) is 0 Å². The van der Waals surface area contributed by atoms with Gasteiger partial charge in [-0.15, -0.1) is 5.10 Å². The second kappa shape index (κ2) is 9.21. The van der Waals surface area contributed by atoms with Crippen LogP contribution in [0.4, 0.5) is 10.1 Å². The summed E-state index contributed by atoms with van der Waals surface area (Å²) in [6.07, 6.45) is 4.16. The first kappa shape index (κ1) is 22.2. The maximum atomic E-state index is 14.2. The highest BCUT2D eigenvalue weighted by Crippen LogP contribution is 2.29. The third-order valence-corrected chi connectivity index (χ3v) is 5.21. The molecule has 9 nitrogen and oxygen atoms in total. The average Bonchev–Trinajstić information content (AvgIpc) is 3.24. The predicted octanol–water partition coefficient (Wildman–Crippen LogP) is 4.55. The van der Waals surface area contributed by atoms with Gasteiger partial charge in [-0.1, -0.05) is 17.7 Å². The van der Waals surface area contributed by atoms with Gasteiger partial charge in [0.25, 0.3) is 5.69 Å². The summed E-state index contributed by atoms with van der Waals surface area (Å²) in [5.74, 6) is -0.680. The van der Waals surface area contributed by atoms with Crippen molar-refractivity contribution < 1.29 is 14.1 Å². The second-order valence-electron chi connectivity index (χ2n) is 6.96. The Balaban J connectivity index is 1.77. The van der Waals surface area contributed by atoms with E-state index >= 15 is 0 Å². The number of nitrogens with zero attached hydrogens (tertiary/aromatic N) is 6. The minimum Gasteiger partial charge on any atom is -0.294 e. The first-order valence-electron chi connectivity index (χ1n) is 9.85. The fourth-order valence-electron chi connectivity index (χ4n) is 3.37. The van der Waals surface area contributed by atoms with Crippen LogP contribution >= 0.6 is 11.6 Å². The Morgan fingerprint density at radius 3 is 2.73 bits per heavy atom. The van der Waals surface area contributed by atoms with E-state index in [0.717, 1.165) is 6.07 Å². The number of carbonyl (C=O) groups is 1. The van der Waals surface area contributed by atoms with E-state index in [9.17, 15) is 19.3 Å². The van der Waals surface area contributed by atoms with Crippen LogP contribution in [0.5, 0.6) is 0 Å². The van der Waals surface area contributed by atoms with E-state index in [0.29, 0.717) is 29.5 Å². The molecule has 0 spiro atoms. The standard InChI is InChI=1S/C22H16ClFN6O3/c1-2-29-22(27-21(28-29)17-12-25-8-9-26-17)13-6-7-18(30(32)33)14(10-13)11-19(31)20-15(23)4-3-5-16(20)24/h3-10,12H,2,11H2,1H3. The van der Waals surface area contributed by atoms with Gasteiger partial charge in [0, 0.05) is 42.6 Å². The van der Waals surface area contributed by atoms with Crippen LogP contribution in [0, 0.1) is 15.9 Å². The number of halogens is 2. The zero-order valence-electron chi connectivity index (χ0n) is 17.3. The number of benzene rings is 2. The maximum Gasteiger partial charge on any atom is 0.273 e. The SMILES string of the molecule is CCn1nc(-c2cnccn2)nc1-c1ccc([N+](=O)[O-])c(CC(=O)c2c(F)cccc2Cl)c1. The molecule has 2 aromatic heterocycles. The Kier molecular flexibility index (Phi) is 6.18. The third-order valence-electron chi connectivity index (χ3n) is 4.89. The molecule has 2 aromatic carbocycles. The molecule has 0 saturated heterocycles. The van der Waals surface area contributed by atoms with Crippen molar-refractivity contribution in [2.75, 3.05) is 0 Å². The molecule has 0 atom stereocenters. The molecular weight excluding hydrogens is 451 g/mol. The van der Waals surface area contributed by atoms with E-state index < -0.39 is 22.9 Å². The molecule has 0 bridgehead atoms. The summed E-state index contributed by atoms with van der Waals surface area (Å²) in [7, 11) is 0. The Bertz CT molecular complexity index is 1340. The molecule has 33 heavy (non-hydrogen) atoms. The van der Waals surface area contributed by atoms with Crippen molar-refractivity contribution in [3.63, 3.8) is 0 Å². The van der Waals surface area contributed by atoms with Crippen LogP contribution in [-0.2, 0) is 13.0 Å². The summed E-state index contributed by atoms with van der Waals surface area (Å²) in [5, 5.41) is 16.0. The Morgan fingerprint density at radius 2 is 2.06 bits per heavy atom. The summed E-state index contributed by atoms with van der Waals surface area (Å²) in [6.45, 7) is 2.34. The molecule has 4 aromatic rings. The zero-order valence-corrected chi connectivity index (χ0v) is 18.0. The van der Waals surface area contributed by atoms with E-state index in [1.807, 2.05) is 6.92 Å². The van der Waals surface area contributed by atoms with Gasteiger partial charge in [0.15, 0.2) is 11.6 Å². The number of nitro benzene ring substituents is 1. The molecule has 11 heteroatoms. The minimum absolute atomic E-state index is 0.0573. The lowest BCUT2D eigenvalue weighted by molar-refractivity contribution is -0.385. The van der Waals surface area contributed by atoms with Crippen molar-refractivity contribution in [3.8, 4) is 22.9 Å². The molecule has 0 aliphatic heterocycles. The zero-order chi connectivity index (χ0) is 23.5. The highest BCUT2D eigenvalue weighted by Gasteiger charge is 2.23. The quantitative estimate of drug-likeness (QED) is 0.223. The van der Waals surface area contributed by atoms with Gasteiger partial charge >= 0.3 is 0 Å². The van der Waals surface area contributed by atoms with Gasteiger partial charge < -0.3 is 0 Å². The normalized spacial score (nSPS) is 10.9. The number of aryl methyl sites for hydroxylation is 1. The lowest BCUT2D eigenvalue weighted by Gasteiger charge is -2.08. The van der Waals surface area contributed by atoms with E-state index in [1.165, 1.54) is 48.9 Å². The molecule has 0 fully saturated rings. The summed E-state index contributed by atoms with van der Waals surface area (Å²) in [5.41, 5.74) is 0.510. The highest BCUT2D eigenvalue weighted by molar-refractivity contribution is 6.34. The molecule has 0 aliphatic rings. The average molecular weight is 467 g/mol. The Morgan fingerprint density at radius 1 is 1.24 bits per heavy atom. The smallest absolute Gasteiger partial charge is 0.273 e. The van der Waals surface area contributed by atoms with Gasteiger partial charge in [0.1, 0.15) is 11.5 Å². The molecule has 2 heterocycles. The van der Waals surface area contributed by atoms with Crippen LogP contribution in [0.15, 0.2) is 55.0 Å². The van der Waals surface area contributed by atoms with E-state index in [1.54, 1.807) is 4.68 Å². The van der Waals surface area contributed by atoms with E-state index in [-0.39, 0.29) is 21.8 Å². The lowest BCUT2D eigenvalue weighted by Crippen LogP contribution is -2.09. The van der Waals surface area contributed by atoms with Gasteiger partial charge in [0.2, 0.25) is 5.82 Å². The van der Waals surface area contributed by atoms with Crippen molar-refractivity contribution >= 4 is 23.1 Å². The molecule has 0 aliphatic carbocycles. The number of rotatable bonds is 7. The highest BCUT2D eigenvalue weighted by atomic mass is 35.5. The number of aromatic nitrogens is 5. The predicted molar refractivity (Wildman–Crippen MR) is 118 cm³/mol. The number of nitro groups is 1. The molecule has 0 unspecified atom stereocenters. The third kappa shape index (κ3) is 4.46. The number of Topliss-reactive ketones (excluding diaryl/α,β-unsaturated/α-hetero) is 1. The Labute approximate surface area is 192 Å². The maximum absolute atomic E-state index is 14.2. The first-order chi connectivity index (χ1) is 15.9. The van der Waals surface area contributed by atoms with Crippen molar-refractivity contribution in [2.45, 2.75) is 19.9 Å². The number of hydrogen-bond donors (Lipinski definition) is 0. The molecule has 0 radical (unpaired) electrons. The number of ketones is 1. The molecule has 0 N–H and O–H groups in total. The van der Waals surface area contributed by atoms with Gasteiger partial charge in [-0.25, -0.2) is 19.0 Å². The molecule has 0 amide bonds. The molecule has 166 valence electrons. The van der Waals surface area contributed by atoms with Crippen molar-refractivity contribution in [2.24, 2.45) is 0 Å². The van der Waals surface area contributed by atoms with Crippen LogP contribution in [0.25, 0.3) is 22.9 Å². The molecular formula is C22H16ClFN6O3. The Hall–Kier alpha value is -4.05. The van der Waals surface area contributed by atoms with Gasteiger partial charge in [-0.3, -0.25) is 19.9 Å². The van der Waals surface area contributed by atoms with Crippen molar-refractivity contribution in [3.05, 3.63) is 87.1 Å². The summed E-state index contributed by atoms with van der Waals surface area (Å²) < 4.78 is 15.8. The summed E-state index contributed by atoms with van der Waals surface area (Å²) >= 11 is 5.99. The van der Waals surface area contributed by atoms with Crippen LogP contribution in [0.2, 0.25) is 5.02 Å². The fourth-order valence-corrected chi connectivity index (χ4v) is 3.64. The van der Waals surface area contributed by atoms with Crippen LogP contribution in [0.1, 0.15) is 22.8 Å². The number of hydrogen-bond acceptors (Lipinski definition) is 7. The van der Waals surface area contributed by atoms with Crippen molar-refractivity contribution in [1.82, 2.24) is 24.7 Å². The lowest BCUT2D eigenvalue weighted by atomic mass is 9.99. The van der Waals surface area contributed by atoms with Gasteiger partial charge in [-0.05, 0) is 31.2 Å². The second-order valence-corrected chi connectivity index (χ2v) is 7.37. The topological polar surface area (TPSA) is 117 Å². The van der Waals surface area contributed by atoms with E-state index in [4.69, 9.17) is 11.6 Å². The van der Waals surface area contributed by atoms with Gasteiger partial charge in [-0.2, -0.15) is 0 Å². The minimum atomic E-state index is -0.786. The first-order valence-corrected chi connectivity index (χ1v) is 10.2. The molecule has 0 saturated carbocycles. The van der Waals surface area contributed by atoms with Crippen LogP contribution in [-0.4, -0.2) is 35.4 Å².